The number of carbonyl (C=O) groups excluding carboxylic acids is 1. The van der Waals surface area contributed by atoms with Crippen LogP contribution < -0.4 is 4.74 Å². The summed E-state index contributed by atoms with van der Waals surface area (Å²) in [6, 6.07) is 12.4. The van der Waals surface area contributed by atoms with Crippen LogP contribution in [-0.4, -0.2) is 17.9 Å². The second-order valence-corrected chi connectivity index (χ2v) is 3.72. The number of ketones is 1. The Morgan fingerprint density at radius 3 is 2.41 bits per heavy atom. The van der Waals surface area contributed by atoms with Gasteiger partial charge >= 0.3 is 0 Å². The fourth-order valence-corrected chi connectivity index (χ4v) is 1.56. The molecule has 86 valence electrons. The zero-order valence-electron chi connectivity index (χ0n) is 9.81. The third-order valence-corrected chi connectivity index (χ3v) is 2.47. The van der Waals surface area contributed by atoms with Gasteiger partial charge in [0.1, 0.15) is 11.4 Å². The lowest BCUT2D eigenvalue weighted by Gasteiger charge is -2.03. The van der Waals surface area contributed by atoms with E-state index in [-0.39, 0.29) is 5.78 Å². The normalized spacial score (nSPS) is 10.0. The van der Waals surface area contributed by atoms with Crippen LogP contribution in [0.25, 0.3) is 0 Å². The molecule has 3 heteroatoms. The number of rotatable bonds is 3. The first kappa shape index (κ1) is 11.3. The van der Waals surface area contributed by atoms with Crippen molar-refractivity contribution < 1.29 is 9.53 Å². The third-order valence-electron chi connectivity index (χ3n) is 2.47. The SMILES string of the molecule is COc1ccc(C(=O)c2cccc(C)n2)cc1. The van der Waals surface area contributed by atoms with E-state index < -0.39 is 0 Å². The monoisotopic (exact) mass is 227 g/mol. The van der Waals surface area contributed by atoms with E-state index in [9.17, 15) is 4.79 Å². The van der Waals surface area contributed by atoms with Gasteiger partial charge in [0.15, 0.2) is 0 Å². The number of hydrogen-bond donors (Lipinski definition) is 0. The Balaban J connectivity index is 2.30. The molecule has 0 aliphatic carbocycles. The van der Waals surface area contributed by atoms with Gasteiger partial charge < -0.3 is 4.74 Å². The molecule has 0 N–H and O–H groups in total. The highest BCUT2D eigenvalue weighted by Crippen LogP contribution is 2.14. The maximum absolute atomic E-state index is 12.1. The van der Waals surface area contributed by atoms with Crippen molar-refractivity contribution in [2.45, 2.75) is 6.92 Å². The molecule has 0 atom stereocenters. The van der Waals surface area contributed by atoms with Gasteiger partial charge in [0.2, 0.25) is 5.78 Å². The second-order valence-electron chi connectivity index (χ2n) is 3.72. The van der Waals surface area contributed by atoms with Crippen LogP contribution in [-0.2, 0) is 0 Å². The minimum atomic E-state index is -0.0728. The van der Waals surface area contributed by atoms with Gasteiger partial charge in [0, 0.05) is 11.3 Å². The van der Waals surface area contributed by atoms with Crippen molar-refractivity contribution in [3.05, 3.63) is 59.4 Å². The average molecular weight is 227 g/mol. The van der Waals surface area contributed by atoms with Crippen molar-refractivity contribution in [2.24, 2.45) is 0 Å². The Bertz CT molecular complexity index is 532. The lowest BCUT2D eigenvalue weighted by Crippen LogP contribution is -2.04. The predicted molar refractivity (Wildman–Crippen MR) is 65.4 cm³/mol. The molecule has 0 radical (unpaired) electrons. The smallest absolute Gasteiger partial charge is 0.211 e. The van der Waals surface area contributed by atoms with Crippen molar-refractivity contribution >= 4 is 5.78 Å². The quantitative estimate of drug-likeness (QED) is 0.757. The minimum absolute atomic E-state index is 0.0728. The summed E-state index contributed by atoms with van der Waals surface area (Å²) in [5.74, 6) is 0.662. The number of pyridine rings is 1. The summed E-state index contributed by atoms with van der Waals surface area (Å²) in [5.41, 5.74) is 1.92. The standard InChI is InChI=1S/C14H13NO2/c1-10-4-3-5-13(15-10)14(16)11-6-8-12(17-2)9-7-11/h3-9H,1-2H3. The molecule has 0 aliphatic rings. The molecule has 0 saturated heterocycles. The van der Waals surface area contributed by atoms with Crippen molar-refractivity contribution in [1.82, 2.24) is 4.98 Å². The highest BCUT2D eigenvalue weighted by molar-refractivity contribution is 6.07. The number of hydrogen-bond acceptors (Lipinski definition) is 3. The van der Waals surface area contributed by atoms with Gasteiger partial charge in [-0.3, -0.25) is 4.79 Å². The van der Waals surface area contributed by atoms with Crippen LogP contribution in [0.1, 0.15) is 21.7 Å². The lowest BCUT2D eigenvalue weighted by molar-refractivity contribution is 0.103. The number of benzene rings is 1. The summed E-state index contributed by atoms with van der Waals surface area (Å²) in [6.45, 7) is 1.87. The molecule has 1 aromatic carbocycles. The number of nitrogens with zero attached hydrogens (tertiary/aromatic N) is 1. The molecule has 1 aromatic heterocycles. The summed E-state index contributed by atoms with van der Waals surface area (Å²) in [5, 5.41) is 0. The van der Waals surface area contributed by atoms with E-state index in [0.717, 1.165) is 11.4 Å². The maximum atomic E-state index is 12.1. The van der Waals surface area contributed by atoms with E-state index in [1.807, 2.05) is 19.1 Å². The topological polar surface area (TPSA) is 39.2 Å². The molecule has 0 unspecified atom stereocenters. The molecule has 0 bridgehead atoms. The molecule has 17 heavy (non-hydrogen) atoms. The van der Waals surface area contributed by atoms with Crippen molar-refractivity contribution in [3.8, 4) is 5.75 Å². The van der Waals surface area contributed by atoms with Crippen LogP contribution >= 0.6 is 0 Å². The van der Waals surface area contributed by atoms with Crippen LogP contribution in [0.15, 0.2) is 42.5 Å². The van der Waals surface area contributed by atoms with Gasteiger partial charge in [0.05, 0.1) is 7.11 Å². The van der Waals surface area contributed by atoms with Gasteiger partial charge in [0.25, 0.3) is 0 Å². The molecule has 1 heterocycles. The van der Waals surface area contributed by atoms with Gasteiger partial charge in [-0.25, -0.2) is 4.98 Å². The number of carbonyl (C=O) groups is 1. The van der Waals surface area contributed by atoms with E-state index in [0.29, 0.717) is 11.3 Å². The summed E-state index contributed by atoms with van der Waals surface area (Å²) >= 11 is 0. The largest absolute Gasteiger partial charge is 0.497 e. The summed E-state index contributed by atoms with van der Waals surface area (Å²) in [4.78, 5) is 16.3. The molecule has 0 amide bonds. The van der Waals surface area contributed by atoms with Gasteiger partial charge in [-0.2, -0.15) is 0 Å². The fourth-order valence-electron chi connectivity index (χ4n) is 1.56. The maximum Gasteiger partial charge on any atom is 0.211 e. The summed E-state index contributed by atoms with van der Waals surface area (Å²) in [6.07, 6.45) is 0. The molecule has 3 nitrogen and oxygen atoms in total. The Morgan fingerprint density at radius 1 is 1.12 bits per heavy atom. The predicted octanol–water partition coefficient (Wildman–Crippen LogP) is 2.63. The Hall–Kier alpha value is -2.16. The van der Waals surface area contributed by atoms with Gasteiger partial charge in [-0.05, 0) is 43.3 Å². The van der Waals surface area contributed by atoms with Gasteiger partial charge in [-0.1, -0.05) is 6.07 Å². The minimum Gasteiger partial charge on any atom is -0.497 e. The average Bonchev–Trinajstić information content (AvgIpc) is 2.38. The highest BCUT2D eigenvalue weighted by atomic mass is 16.5. The number of ether oxygens (including phenoxy) is 1. The highest BCUT2D eigenvalue weighted by Gasteiger charge is 2.10. The van der Waals surface area contributed by atoms with Crippen LogP contribution in [0.5, 0.6) is 5.75 Å². The summed E-state index contributed by atoms with van der Waals surface area (Å²) in [7, 11) is 1.60. The van der Waals surface area contributed by atoms with E-state index in [1.165, 1.54) is 0 Å². The molecule has 2 rings (SSSR count). The fraction of sp³-hybridized carbons (Fsp3) is 0.143. The molecular weight excluding hydrogens is 214 g/mol. The molecule has 0 saturated carbocycles. The van der Waals surface area contributed by atoms with Gasteiger partial charge in [-0.15, -0.1) is 0 Å². The number of methoxy groups -OCH3 is 1. The molecular formula is C14H13NO2. The van der Waals surface area contributed by atoms with E-state index >= 15 is 0 Å². The first-order valence-electron chi connectivity index (χ1n) is 5.33. The molecule has 0 spiro atoms. The second kappa shape index (κ2) is 4.78. The Labute approximate surface area is 100 Å². The van der Waals surface area contributed by atoms with E-state index in [4.69, 9.17) is 4.74 Å². The number of aryl methyl sites for hydroxylation is 1. The van der Waals surface area contributed by atoms with Crippen LogP contribution in [0.3, 0.4) is 0 Å². The van der Waals surface area contributed by atoms with E-state index in [2.05, 4.69) is 4.98 Å². The van der Waals surface area contributed by atoms with Crippen LogP contribution in [0.4, 0.5) is 0 Å². The zero-order chi connectivity index (χ0) is 12.3. The van der Waals surface area contributed by atoms with Crippen molar-refractivity contribution in [1.29, 1.82) is 0 Å². The third kappa shape index (κ3) is 2.50. The zero-order valence-corrected chi connectivity index (χ0v) is 9.81. The molecule has 0 fully saturated rings. The van der Waals surface area contributed by atoms with Crippen LogP contribution in [0, 0.1) is 6.92 Å². The number of aromatic nitrogens is 1. The van der Waals surface area contributed by atoms with Crippen molar-refractivity contribution in [2.75, 3.05) is 7.11 Å². The Kier molecular flexibility index (Phi) is 3.19. The summed E-state index contributed by atoms with van der Waals surface area (Å²) < 4.78 is 5.05. The molecule has 0 aliphatic heterocycles. The van der Waals surface area contributed by atoms with Crippen molar-refractivity contribution in [3.63, 3.8) is 0 Å². The molecule has 2 aromatic rings. The first-order chi connectivity index (χ1) is 8.20. The Morgan fingerprint density at radius 2 is 1.82 bits per heavy atom. The van der Waals surface area contributed by atoms with E-state index in [1.54, 1.807) is 37.4 Å². The lowest BCUT2D eigenvalue weighted by atomic mass is 10.1. The van der Waals surface area contributed by atoms with Crippen LogP contribution in [0.2, 0.25) is 0 Å². The first-order valence-corrected chi connectivity index (χ1v) is 5.33.